The number of ether oxygens (including phenoxy) is 2. The first-order chi connectivity index (χ1) is 12.2. The molecule has 0 fully saturated rings. The summed E-state index contributed by atoms with van der Waals surface area (Å²) in [7, 11) is 1.32. The molecule has 5 nitrogen and oxygen atoms in total. The number of methoxy groups -OCH3 is 1. The number of benzene rings is 1. The van der Waals surface area contributed by atoms with E-state index in [1.54, 1.807) is 13.0 Å². The van der Waals surface area contributed by atoms with Gasteiger partial charge >= 0.3 is 12.6 Å². The summed E-state index contributed by atoms with van der Waals surface area (Å²) in [6.45, 7) is 2.60. The molecule has 140 valence electrons. The number of carbonyl (C=O) groups is 1. The molecule has 0 amide bonds. The number of anilines is 2. The Labute approximate surface area is 159 Å². The van der Waals surface area contributed by atoms with Crippen LogP contribution in [0.5, 0.6) is 5.75 Å². The highest BCUT2D eigenvalue weighted by molar-refractivity contribution is 7.80. The molecule has 2 aromatic rings. The Morgan fingerprint density at radius 2 is 1.92 bits per heavy atom. The Bertz CT molecular complexity index is 838. The van der Waals surface area contributed by atoms with E-state index in [1.165, 1.54) is 30.6 Å². The molecule has 0 saturated heterocycles. The van der Waals surface area contributed by atoms with Crippen LogP contribution in [0.4, 0.5) is 19.5 Å². The summed E-state index contributed by atoms with van der Waals surface area (Å²) in [6, 6.07) is 4.49. The topological polar surface area (TPSA) is 59.6 Å². The van der Waals surface area contributed by atoms with Crippen molar-refractivity contribution in [3.8, 4) is 5.75 Å². The fraction of sp³-hybridized carbons (Fsp3) is 0.294. The lowest BCUT2D eigenvalue weighted by atomic mass is 10.1. The highest BCUT2D eigenvalue weighted by atomic mass is 32.1. The first-order valence-corrected chi connectivity index (χ1v) is 8.77. The molecular formula is C17H18F2N2O3S2. The molecule has 1 aromatic heterocycles. The summed E-state index contributed by atoms with van der Waals surface area (Å²) < 4.78 is 33.7. The van der Waals surface area contributed by atoms with Crippen LogP contribution >= 0.6 is 23.6 Å². The maximum absolute atomic E-state index is 12.3. The van der Waals surface area contributed by atoms with Gasteiger partial charge in [0.05, 0.1) is 12.7 Å². The molecule has 0 saturated carbocycles. The molecule has 0 aliphatic carbocycles. The average Bonchev–Trinajstić information content (AvgIpc) is 2.83. The van der Waals surface area contributed by atoms with Crippen molar-refractivity contribution in [2.75, 3.05) is 17.7 Å². The first kappa shape index (κ1) is 20.1. The van der Waals surface area contributed by atoms with Crippen molar-refractivity contribution in [2.45, 2.75) is 27.4 Å². The highest BCUT2D eigenvalue weighted by Gasteiger charge is 2.21. The molecule has 0 unspecified atom stereocenters. The molecule has 2 rings (SSSR count). The van der Waals surface area contributed by atoms with E-state index in [9.17, 15) is 13.6 Å². The van der Waals surface area contributed by atoms with E-state index in [-0.39, 0.29) is 10.9 Å². The van der Waals surface area contributed by atoms with Crippen LogP contribution in [0.15, 0.2) is 18.2 Å². The van der Waals surface area contributed by atoms with E-state index in [4.69, 9.17) is 17.0 Å². The minimum atomic E-state index is -2.88. The van der Waals surface area contributed by atoms with Gasteiger partial charge in [0.25, 0.3) is 0 Å². The Morgan fingerprint density at radius 3 is 2.50 bits per heavy atom. The fourth-order valence-electron chi connectivity index (χ4n) is 2.27. The van der Waals surface area contributed by atoms with Gasteiger partial charge in [0.15, 0.2) is 5.11 Å². The molecule has 0 aliphatic heterocycles. The summed E-state index contributed by atoms with van der Waals surface area (Å²) in [5.41, 5.74) is 2.58. The van der Waals surface area contributed by atoms with Crippen molar-refractivity contribution in [1.82, 2.24) is 0 Å². The van der Waals surface area contributed by atoms with Gasteiger partial charge in [0.1, 0.15) is 10.8 Å². The molecule has 1 heterocycles. The number of esters is 1. The number of thiocarbonyl (C=S) groups is 1. The van der Waals surface area contributed by atoms with E-state index in [1.807, 2.05) is 13.8 Å². The third kappa shape index (κ3) is 4.67. The van der Waals surface area contributed by atoms with E-state index in [2.05, 4.69) is 15.4 Å². The third-order valence-electron chi connectivity index (χ3n) is 3.67. The number of rotatable bonds is 5. The molecule has 0 aliphatic rings. The molecule has 0 atom stereocenters. The smallest absolute Gasteiger partial charge is 0.387 e. The van der Waals surface area contributed by atoms with E-state index < -0.39 is 12.6 Å². The van der Waals surface area contributed by atoms with Crippen molar-refractivity contribution in [1.29, 1.82) is 0 Å². The van der Waals surface area contributed by atoms with Gasteiger partial charge in [-0.15, -0.1) is 11.3 Å². The monoisotopic (exact) mass is 400 g/mol. The van der Waals surface area contributed by atoms with Crippen LogP contribution in [-0.4, -0.2) is 24.8 Å². The predicted octanol–water partition coefficient (Wildman–Crippen LogP) is 4.87. The van der Waals surface area contributed by atoms with Crippen LogP contribution in [0.25, 0.3) is 0 Å². The second-order valence-electron chi connectivity index (χ2n) is 5.41. The van der Waals surface area contributed by atoms with E-state index >= 15 is 0 Å². The number of thiophene rings is 1. The van der Waals surface area contributed by atoms with Gasteiger partial charge in [-0.05, 0) is 62.3 Å². The van der Waals surface area contributed by atoms with Gasteiger partial charge in [0.2, 0.25) is 0 Å². The summed E-state index contributed by atoms with van der Waals surface area (Å²) in [4.78, 5) is 13.0. The van der Waals surface area contributed by atoms with Crippen molar-refractivity contribution in [2.24, 2.45) is 0 Å². The van der Waals surface area contributed by atoms with Gasteiger partial charge < -0.3 is 20.1 Å². The second kappa shape index (κ2) is 8.41. The molecule has 0 spiro atoms. The Hall–Kier alpha value is -2.26. The maximum atomic E-state index is 12.3. The lowest BCUT2D eigenvalue weighted by molar-refractivity contribution is -0.0498. The third-order valence-corrected chi connectivity index (χ3v) is 5.00. The number of aryl methyl sites for hydroxylation is 2. The summed E-state index contributed by atoms with van der Waals surface area (Å²) in [5.74, 6) is -0.374. The quantitative estimate of drug-likeness (QED) is 0.552. The van der Waals surface area contributed by atoms with Gasteiger partial charge in [0, 0.05) is 10.6 Å². The zero-order valence-electron chi connectivity index (χ0n) is 14.6. The number of carbonyl (C=O) groups excluding carboxylic acids is 1. The molecule has 2 N–H and O–H groups in total. The van der Waals surface area contributed by atoms with Gasteiger partial charge in [-0.25, -0.2) is 4.79 Å². The Balaban J connectivity index is 2.15. The zero-order valence-corrected chi connectivity index (χ0v) is 16.2. The number of hydrogen-bond donors (Lipinski definition) is 2. The maximum Gasteiger partial charge on any atom is 0.387 e. The minimum Gasteiger partial charge on any atom is -0.465 e. The van der Waals surface area contributed by atoms with Crippen LogP contribution in [0.1, 0.15) is 26.4 Å². The zero-order chi connectivity index (χ0) is 19.4. The molecule has 0 radical (unpaired) electrons. The standard InChI is InChI=1S/C17H18F2N2O3S2/c1-8-7-11(24-16(18)19)5-6-12(8)20-17(25)21-14-13(15(22)23-4)9(2)10(3)26-14/h5-7,16H,1-4H3,(H2,20,21,25). The van der Waals surface area contributed by atoms with Crippen LogP contribution in [0, 0.1) is 20.8 Å². The molecule has 9 heteroatoms. The normalized spacial score (nSPS) is 10.6. The molecular weight excluding hydrogens is 382 g/mol. The minimum absolute atomic E-state index is 0.0689. The number of nitrogens with one attached hydrogen (secondary N) is 2. The van der Waals surface area contributed by atoms with E-state index in [0.29, 0.717) is 21.8 Å². The summed E-state index contributed by atoms with van der Waals surface area (Å²) >= 11 is 6.69. The van der Waals surface area contributed by atoms with Crippen LogP contribution in [0.3, 0.4) is 0 Å². The van der Waals surface area contributed by atoms with Crippen molar-refractivity contribution >= 4 is 45.3 Å². The van der Waals surface area contributed by atoms with Gasteiger partial charge in [-0.1, -0.05) is 0 Å². The van der Waals surface area contributed by atoms with Crippen molar-refractivity contribution in [3.63, 3.8) is 0 Å². The number of alkyl halides is 2. The lowest BCUT2D eigenvalue weighted by Crippen LogP contribution is -2.20. The van der Waals surface area contributed by atoms with Gasteiger partial charge in [-0.3, -0.25) is 0 Å². The Morgan fingerprint density at radius 1 is 1.23 bits per heavy atom. The molecule has 1 aromatic carbocycles. The highest BCUT2D eigenvalue weighted by Crippen LogP contribution is 2.33. The largest absolute Gasteiger partial charge is 0.465 e. The van der Waals surface area contributed by atoms with Crippen LogP contribution in [0.2, 0.25) is 0 Å². The van der Waals surface area contributed by atoms with Crippen molar-refractivity contribution < 1.29 is 23.0 Å². The van der Waals surface area contributed by atoms with Gasteiger partial charge in [-0.2, -0.15) is 8.78 Å². The summed E-state index contributed by atoms with van der Waals surface area (Å²) in [5, 5.41) is 6.83. The Kier molecular flexibility index (Phi) is 6.49. The SMILES string of the molecule is COC(=O)c1c(NC(=S)Nc2ccc(OC(F)F)cc2C)sc(C)c1C. The average molecular weight is 400 g/mol. The number of halogens is 2. The molecule has 0 bridgehead atoms. The second-order valence-corrected chi connectivity index (χ2v) is 7.05. The summed E-state index contributed by atoms with van der Waals surface area (Å²) in [6.07, 6.45) is 0. The number of hydrogen-bond acceptors (Lipinski definition) is 5. The fourth-order valence-corrected chi connectivity index (χ4v) is 3.60. The lowest BCUT2D eigenvalue weighted by Gasteiger charge is -2.14. The predicted molar refractivity (Wildman–Crippen MR) is 103 cm³/mol. The van der Waals surface area contributed by atoms with Crippen molar-refractivity contribution in [3.05, 3.63) is 39.8 Å². The first-order valence-electron chi connectivity index (χ1n) is 7.54. The van der Waals surface area contributed by atoms with E-state index in [0.717, 1.165) is 10.4 Å². The van der Waals surface area contributed by atoms with Crippen LogP contribution < -0.4 is 15.4 Å². The van der Waals surface area contributed by atoms with Crippen LogP contribution in [-0.2, 0) is 4.74 Å². The molecule has 26 heavy (non-hydrogen) atoms.